The highest BCUT2D eigenvalue weighted by Crippen LogP contribution is 2.22. The molecule has 0 amide bonds. The minimum atomic E-state index is -3.79. The Kier molecular flexibility index (Phi) is 10.1. The van der Waals surface area contributed by atoms with Gasteiger partial charge in [-0.3, -0.25) is 10.2 Å². The number of amidine groups is 1. The zero-order chi connectivity index (χ0) is 23.0. The molecule has 0 fully saturated rings. The quantitative estimate of drug-likeness (QED) is 0.125. The zero-order valence-corrected chi connectivity index (χ0v) is 18.2. The highest BCUT2D eigenvalue weighted by atomic mass is 35.5. The Morgan fingerprint density at radius 2 is 1.72 bits per heavy atom. The molecule has 2 rings (SSSR count). The van der Waals surface area contributed by atoms with Crippen LogP contribution in [0.25, 0.3) is 0 Å². The first kappa shape index (κ1) is 26.8. The van der Waals surface area contributed by atoms with Crippen LogP contribution in [0.15, 0.2) is 47.4 Å². The van der Waals surface area contributed by atoms with Gasteiger partial charge in [0.2, 0.25) is 10.0 Å². The largest absolute Gasteiger partial charge is 0.481 e. The fourth-order valence-corrected chi connectivity index (χ4v) is 3.57. The third-order valence-electron chi connectivity index (χ3n) is 3.98. The molecule has 0 aliphatic carbocycles. The Morgan fingerprint density at radius 3 is 2.28 bits per heavy atom. The third-order valence-corrected chi connectivity index (χ3v) is 5.46. The molecule has 0 heterocycles. The molecule has 32 heavy (non-hydrogen) atoms. The Labute approximate surface area is 190 Å². The molecule has 11 nitrogen and oxygen atoms in total. The predicted octanol–water partition coefficient (Wildman–Crippen LogP) is 0.936. The van der Waals surface area contributed by atoms with E-state index in [0.717, 1.165) is 0 Å². The molecule has 2 aromatic carbocycles. The van der Waals surface area contributed by atoms with Gasteiger partial charge in [0.1, 0.15) is 5.84 Å². The standard InChI is InChI=1S/C19H21N3O8S.ClH/c20-19(21)13-2-4-15(5-3-13)31(27,28)22-8-7-12-1-6-16(30-29-11-18(25)26)14(9-12)10-17(23)24;/h1-6,9,22H,7-8,10-11H2,(H3,20,21)(H,23,24)(H,25,26);1H. The summed E-state index contributed by atoms with van der Waals surface area (Å²) in [6.07, 6.45) is -0.137. The van der Waals surface area contributed by atoms with Crippen LogP contribution in [0.5, 0.6) is 5.75 Å². The number of nitrogens with one attached hydrogen (secondary N) is 2. The van der Waals surface area contributed by atoms with Crippen LogP contribution >= 0.6 is 12.4 Å². The van der Waals surface area contributed by atoms with Gasteiger partial charge in [-0.15, -0.1) is 12.4 Å². The number of carboxylic acids is 2. The molecule has 0 saturated heterocycles. The van der Waals surface area contributed by atoms with E-state index in [1.165, 1.54) is 36.4 Å². The number of benzene rings is 2. The maximum atomic E-state index is 12.4. The summed E-state index contributed by atoms with van der Waals surface area (Å²) < 4.78 is 27.2. The van der Waals surface area contributed by atoms with E-state index in [1.807, 2.05) is 0 Å². The van der Waals surface area contributed by atoms with Crippen molar-refractivity contribution in [2.75, 3.05) is 13.2 Å². The van der Waals surface area contributed by atoms with Gasteiger partial charge in [-0.2, -0.15) is 4.89 Å². The van der Waals surface area contributed by atoms with Crippen molar-refractivity contribution in [2.45, 2.75) is 17.7 Å². The summed E-state index contributed by atoms with van der Waals surface area (Å²) in [4.78, 5) is 31.0. The van der Waals surface area contributed by atoms with Crippen LogP contribution in [-0.4, -0.2) is 49.6 Å². The summed E-state index contributed by atoms with van der Waals surface area (Å²) >= 11 is 0. The van der Waals surface area contributed by atoms with Crippen molar-refractivity contribution in [3.63, 3.8) is 0 Å². The number of nitrogens with two attached hydrogens (primary N) is 1. The average molecular weight is 488 g/mol. The number of carboxylic acid groups (broad SMARTS) is 2. The molecule has 0 aromatic heterocycles. The van der Waals surface area contributed by atoms with Crippen molar-refractivity contribution in [3.8, 4) is 5.75 Å². The summed E-state index contributed by atoms with van der Waals surface area (Å²) in [6, 6.07) is 10.1. The molecular weight excluding hydrogens is 466 g/mol. The Hall–Kier alpha value is -3.19. The third kappa shape index (κ3) is 8.15. The van der Waals surface area contributed by atoms with Crippen LogP contribution in [0, 0.1) is 5.41 Å². The average Bonchev–Trinajstić information content (AvgIpc) is 2.69. The van der Waals surface area contributed by atoms with E-state index in [0.29, 0.717) is 11.1 Å². The van der Waals surface area contributed by atoms with Crippen LogP contribution in [0.4, 0.5) is 0 Å². The minimum Gasteiger partial charge on any atom is -0.481 e. The van der Waals surface area contributed by atoms with Gasteiger partial charge in [0.25, 0.3) is 0 Å². The van der Waals surface area contributed by atoms with Crippen molar-refractivity contribution in [1.82, 2.24) is 4.72 Å². The van der Waals surface area contributed by atoms with Gasteiger partial charge in [-0.1, -0.05) is 12.1 Å². The number of aliphatic carboxylic acids is 2. The lowest BCUT2D eigenvalue weighted by atomic mass is 10.0. The smallest absolute Gasteiger partial charge is 0.334 e. The van der Waals surface area contributed by atoms with Crippen molar-refractivity contribution in [2.24, 2.45) is 5.73 Å². The number of sulfonamides is 1. The SMILES string of the molecule is Cl.N=C(N)c1ccc(S(=O)(=O)NCCc2ccc(OOCC(=O)O)c(CC(=O)O)c2)cc1. The van der Waals surface area contributed by atoms with E-state index < -0.39 is 35.0 Å². The van der Waals surface area contributed by atoms with Crippen molar-refractivity contribution >= 4 is 40.2 Å². The lowest BCUT2D eigenvalue weighted by molar-refractivity contribution is -0.214. The number of hydrogen-bond acceptors (Lipinski definition) is 7. The molecule has 6 N–H and O–H groups in total. The Morgan fingerprint density at radius 1 is 1.06 bits per heavy atom. The number of rotatable bonds is 12. The van der Waals surface area contributed by atoms with Gasteiger partial charge in [0.15, 0.2) is 12.4 Å². The topological polar surface area (TPSA) is 189 Å². The van der Waals surface area contributed by atoms with Crippen molar-refractivity contribution < 1.29 is 38.0 Å². The summed E-state index contributed by atoms with van der Waals surface area (Å²) in [6.45, 7) is -0.678. The molecular formula is C19H22ClN3O8S. The van der Waals surface area contributed by atoms with Gasteiger partial charge < -0.3 is 20.8 Å². The first-order valence-electron chi connectivity index (χ1n) is 8.87. The summed E-state index contributed by atoms with van der Waals surface area (Å²) in [5.74, 6) is -2.50. The van der Waals surface area contributed by atoms with Crippen LogP contribution in [-0.2, 0) is 37.3 Å². The predicted molar refractivity (Wildman–Crippen MR) is 116 cm³/mol. The first-order valence-corrected chi connectivity index (χ1v) is 10.4. The second-order valence-electron chi connectivity index (χ2n) is 6.34. The van der Waals surface area contributed by atoms with E-state index in [9.17, 15) is 18.0 Å². The fraction of sp³-hybridized carbons (Fsp3) is 0.211. The molecule has 13 heteroatoms. The Bertz CT molecular complexity index is 1070. The van der Waals surface area contributed by atoms with Crippen LogP contribution < -0.4 is 15.3 Å². The van der Waals surface area contributed by atoms with Gasteiger partial charge in [0, 0.05) is 17.7 Å². The first-order chi connectivity index (χ1) is 14.6. The van der Waals surface area contributed by atoms with E-state index in [-0.39, 0.29) is 47.4 Å². The molecule has 0 unspecified atom stereocenters. The van der Waals surface area contributed by atoms with E-state index in [2.05, 4.69) is 9.61 Å². The molecule has 0 spiro atoms. The molecule has 0 atom stereocenters. The van der Waals surface area contributed by atoms with Crippen LogP contribution in [0.2, 0.25) is 0 Å². The lowest BCUT2D eigenvalue weighted by Gasteiger charge is -2.11. The number of nitrogen functional groups attached to an aromatic ring is 1. The Balaban J connectivity index is 0.00000512. The van der Waals surface area contributed by atoms with Crippen molar-refractivity contribution in [1.29, 1.82) is 5.41 Å². The van der Waals surface area contributed by atoms with E-state index in [4.69, 9.17) is 26.2 Å². The van der Waals surface area contributed by atoms with Crippen molar-refractivity contribution in [3.05, 3.63) is 59.2 Å². The van der Waals surface area contributed by atoms with Gasteiger partial charge in [-0.05, 0) is 42.3 Å². The van der Waals surface area contributed by atoms with Gasteiger partial charge >= 0.3 is 11.9 Å². The molecule has 0 aliphatic heterocycles. The molecule has 0 bridgehead atoms. The molecule has 0 saturated carbocycles. The molecule has 174 valence electrons. The number of carbonyl (C=O) groups is 2. The summed E-state index contributed by atoms with van der Waals surface area (Å²) in [5.41, 5.74) is 6.64. The van der Waals surface area contributed by atoms with Crippen LogP contribution in [0.1, 0.15) is 16.7 Å². The number of halogens is 1. The van der Waals surface area contributed by atoms with E-state index >= 15 is 0 Å². The zero-order valence-electron chi connectivity index (χ0n) is 16.6. The summed E-state index contributed by atoms with van der Waals surface area (Å²) in [7, 11) is -3.79. The number of hydrogen-bond donors (Lipinski definition) is 5. The lowest BCUT2D eigenvalue weighted by Crippen LogP contribution is -2.26. The maximum absolute atomic E-state index is 12.4. The van der Waals surface area contributed by atoms with Gasteiger partial charge in [-0.25, -0.2) is 17.9 Å². The minimum absolute atomic E-state index is 0. The fourth-order valence-electron chi connectivity index (χ4n) is 2.54. The maximum Gasteiger partial charge on any atom is 0.334 e. The normalized spacial score (nSPS) is 10.8. The summed E-state index contributed by atoms with van der Waals surface area (Å²) in [5, 5.41) is 25.0. The van der Waals surface area contributed by atoms with E-state index in [1.54, 1.807) is 6.07 Å². The highest BCUT2D eigenvalue weighted by molar-refractivity contribution is 7.89. The molecule has 0 radical (unpaired) electrons. The molecule has 2 aromatic rings. The van der Waals surface area contributed by atoms with Gasteiger partial charge in [0.05, 0.1) is 11.3 Å². The molecule has 0 aliphatic rings. The second kappa shape index (κ2) is 12.0. The van der Waals surface area contributed by atoms with Crippen LogP contribution in [0.3, 0.4) is 0 Å². The highest BCUT2D eigenvalue weighted by Gasteiger charge is 2.15. The monoisotopic (exact) mass is 487 g/mol. The second-order valence-corrected chi connectivity index (χ2v) is 8.10.